The van der Waals surface area contributed by atoms with E-state index in [-0.39, 0.29) is 0 Å². The molecular formula is C11H10N3O2S2+. The molecule has 3 heterocycles. The molecule has 0 aliphatic carbocycles. The van der Waals surface area contributed by atoms with Crippen molar-refractivity contribution in [3.63, 3.8) is 0 Å². The maximum Gasteiger partial charge on any atom is 0.329 e. The van der Waals surface area contributed by atoms with E-state index in [9.17, 15) is 4.79 Å². The van der Waals surface area contributed by atoms with Gasteiger partial charge in [0.25, 0.3) is 5.01 Å². The minimum absolute atomic E-state index is 0.506. The van der Waals surface area contributed by atoms with Gasteiger partial charge in [0.2, 0.25) is 5.52 Å². The summed E-state index contributed by atoms with van der Waals surface area (Å²) < 4.78 is 2.02. The number of hydrogen-bond donors (Lipinski definition) is 1. The first-order chi connectivity index (χ1) is 8.66. The number of thioether (sulfide) groups is 1. The number of aromatic nitrogens is 2. The van der Waals surface area contributed by atoms with Crippen molar-refractivity contribution in [3.8, 4) is 0 Å². The number of carboxylic acids is 1. The van der Waals surface area contributed by atoms with Crippen LogP contribution >= 0.6 is 23.1 Å². The van der Waals surface area contributed by atoms with Crippen LogP contribution in [0.15, 0.2) is 23.3 Å². The van der Waals surface area contributed by atoms with E-state index in [2.05, 4.69) is 9.98 Å². The van der Waals surface area contributed by atoms with Crippen molar-refractivity contribution in [2.24, 2.45) is 12.0 Å². The molecule has 1 N–H and O–H groups in total. The third kappa shape index (κ3) is 1.79. The van der Waals surface area contributed by atoms with Crippen LogP contribution in [-0.4, -0.2) is 32.9 Å². The van der Waals surface area contributed by atoms with Crippen LogP contribution in [-0.2, 0) is 11.8 Å². The monoisotopic (exact) mass is 280 g/mol. The van der Waals surface area contributed by atoms with E-state index in [0.717, 1.165) is 20.4 Å². The third-order valence-corrected chi connectivity index (χ3v) is 5.08. The predicted octanol–water partition coefficient (Wildman–Crippen LogP) is 1.07. The van der Waals surface area contributed by atoms with Crippen LogP contribution in [0.1, 0.15) is 5.01 Å². The topological polar surface area (TPSA) is 66.4 Å². The molecule has 18 heavy (non-hydrogen) atoms. The number of aryl methyl sites for hydroxylation is 1. The van der Waals surface area contributed by atoms with Crippen molar-refractivity contribution in [3.05, 3.63) is 23.3 Å². The molecule has 1 aliphatic rings. The van der Waals surface area contributed by atoms with E-state index < -0.39 is 12.0 Å². The Balaban J connectivity index is 2.08. The number of aliphatic carboxylic acids is 1. The molecule has 92 valence electrons. The van der Waals surface area contributed by atoms with Crippen molar-refractivity contribution in [2.45, 2.75) is 6.04 Å². The van der Waals surface area contributed by atoms with Crippen LogP contribution in [0.2, 0.25) is 0 Å². The van der Waals surface area contributed by atoms with Gasteiger partial charge < -0.3 is 5.11 Å². The van der Waals surface area contributed by atoms with Crippen LogP contribution in [0.3, 0.4) is 0 Å². The summed E-state index contributed by atoms with van der Waals surface area (Å²) in [6, 6.07) is 3.27. The fraction of sp³-hybridized carbons (Fsp3) is 0.273. The highest BCUT2D eigenvalue weighted by Crippen LogP contribution is 2.27. The lowest BCUT2D eigenvalue weighted by molar-refractivity contribution is -0.641. The van der Waals surface area contributed by atoms with Crippen LogP contribution in [0, 0.1) is 0 Å². The predicted molar refractivity (Wildman–Crippen MR) is 71.2 cm³/mol. The molecule has 0 radical (unpaired) electrons. The second kappa shape index (κ2) is 4.33. The Bertz CT molecular complexity index is 665. The Hall–Kier alpha value is -1.47. The maximum absolute atomic E-state index is 10.9. The second-order valence-corrected chi connectivity index (χ2v) is 5.88. The molecule has 0 bridgehead atoms. The van der Waals surface area contributed by atoms with E-state index in [1.807, 2.05) is 23.7 Å². The normalized spacial score (nSPS) is 19.2. The summed E-state index contributed by atoms with van der Waals surface area (Å²) in [6.07, 6.45) is 1.76. The van der Waals surface area contributed by atoms with Gasteiger partial charge in [-0.25, -0.2) is 9.78 Å². The molecule has 1 aliphatic heterocycles. The molecule has 7 heteroatoms. The van der Waals surface area contributed by atoms with Crippen molar-refractivity contribution < 1.29 is 14.5 Å². The van der Waals surface area contributed by atoms with Gasteiger partial charge >= 0.3 is 5.97 Å². The largest absolute Gasteiger partial charge is 0.480 e. The van der Waals surface area contributed by atoms with Gasteiger partial charge in [0.05, 0.1) is 0 Å². The number of carboxylic acid groups (broad SMARTS) is 1. The number of fused-ring (bicyclic) bond motifs is 1. The van der Waals surface area contributed by atoms with Gasteiger partial charge in [-0.05, 0) is 17.4 Å². The van der Waals surface area contributed by atoms with E-state index >= 15 is 0 Å². The maximum atomic E-state index is 10.9. The third-order valence-electron chi connectivity index (χ3n) is 2.73. The van der Waals surface area contributed by atoms with Crippen LogP contribution in [0.25, 0.3) is 10.3 Å². The van der Waals surface area contributed by atoms with Crippen LogP contribution in [0.5, 0.6) is 0 Å². The molecule has 2 aromatic heterocycles. The first-order valence-electron chi connectivity index (χ1n) is 5.34. The van der Waals surface area contributed by atoms with Gasteiger partial charge in [-0.3, -0.25) is 4.99 Å². The highest BCUT2D eigenvalue weighted by molar-refractivity contribution is 8.15. The summed E-state index contributed by atoms with van der Waals surface area (Å²) in [4.78, 5) is 20.4. The number of rotatable bonds is 2. The first kappa shape index (κ1) is 11.6. The van der Waals surface area contributed by atoms with Crippen molar-refractivity contribution in [2.75, 3.05) is 5.75 Å². The molecule has 3 rings (SSSR count). The number of pyridine rings is 1. The average Bonchev–Trinajstić information content (AvgIpc) is 2.95. The van der Waals surface area contributed by atoms with Crippen LogP contribution in [0.4, 0.5) is 0 Å². The highest BCUT2D eigenvalue weighted by atomic mass is 32.2. The SMILES string of the molecule is C[n+]1c(C2=NC(C(=O)O)CS2)sc2ncccc21. The van der Waals surface area contributed by atoms with Crippen LogP contribution < -0.4 is 4.57 Å². The molecule has 0 amide bonds. The quantitative estimate of drug-likeness (QED) is 0.836. The summed E-state index contributed by atoms with van der Waals surface area (Å²) in [5.74, 6) is -0.355. The van der Waals surface area contributed by atoms with Gasteiger partial charge in [0, 0.05) is 18.0 Å². The van der Waals surface area contributed by atoms with E-state index in [4.69, 9.17) is 5.11 Å². The zero-order valence-corrected chi connectivity index (χ0v) is 11.2. The van der Waals surface area contributed by atoms with E-state index in [0.29, 0.717) is 5.75 Å². The highest BCUT2D eigenvalue weighted by Gasteiger charge is 2.31. The number of hydrogen-bond acceptors (Lipinski definition) is 5. The molecule has 0 spiro atoms. The molecule has 0 aromatic carbocycles. The summed E-state index contributed by atoms with van der Waals surface area (Å²) in [5, 5.41) is 10.7. The van der Waals surface area contributed by atoms with Crippen molar-refractivity contribution in [1.82, 2.24) is 4.98 Å². The zero-order valence-electron chi connectivity index (χ0n) is 9.53. The van der Waals surface area contributed by atoms with E-state index in [1.165, 1.54) is 11.8 Å². The molecule has 2 aromatic rings. The molecule has 0 saturated carbocycles. The summed E-state index contributed by atoms with van der Waals surface area (Å²) >= 11 is 3.03. The Morgan fingerprint density at radius 2 is 2.44 bits per heavy atom. The molecule has 5 nitrogen and oxygen atoms in total. The Labute approximate surface area is 111 Å². The Kier molecular flexibility index (Phi) is 2.79. The summed E-state index contributed by atoms with van der Waals surface area (Å²) in [7, 11) is 1.95. The molecule has 0 saturated heterocycles. The minimum atomic E-state index is -0.862. The fourth-order valence-electron chi connectivity index (χ4n) is 1.79. The summed E-state index contributed by atoms with van der Waals surface area (Å²) in [6.45, 7) is 0. The lowest BCUT2D eigenvalue weighted by atomic mass is 10.4. The number of thiazole rings is 1. The van der Waals surface area contributed by atoms with Crippen molar-refractivity contribution in [1.29, 1.82) is 0 Å². The lowest BCUT2D eigenvalue weighted by Crippen LogP contribution is -2.32. The van der Waals surface area contributed by atoms with Gasteiger partial charge in [-0.15, -0.1) is 0 Å². The lowest BCUT2D eigenvalue weighted by Gasteiger charge is -1.93. The van der Waals surface area contributed by atoms with Crippen molar-refractivity contribution >= 4 is 44.5 Å². The van der Waals surface area contributed by atoms with Gasteiger partial charge in [0.15, 0.2) is 15.9 Å². The number of nitrogens with zero attached hydrogens (tertiary/aromatic N) is 3. The first-order valence-corrected chi connectivity index (χ1v) is 7.14. The van der Waals surface area contributed by atoms with E-state index in [1.54, 1.807) is 17.5 Å². The summed E-state index contributed by atoms with van der Waals surface area (Å²) in [5.41, 5.74) is 1.04. The fourth-order valence-corrected chi connectivity index (χ4v) is 4.07. The smallest absolute Gasteiger partial charge is 0.329 e. The molecule has 0 fully saturated rings. The molecular weight excluding hydrogens is 270 g/mol. The standard InChI is InChI=1S/C11H9N3O2S2/c1-14-7-3-2-4-12-8(7)18-10(14)9-13-6(5-17-9)11(15)16/h2-4,6H,5H2,1H3/p+1. The number of aliphatic imine (C=N–C) groups is 1. The average molecular weight is 280 g/mol. The minimum Gasteiger partial charge on any atom is -0.480 e. The van der Waals surface area contributed by atoms with Gasteiger partial charge in [-0.2, -0.15) is 4.57 Å². The van der Waals surface area contributed by atoms with Gasteiger partial charge in [0.1, 0.15) is 7.05 Å². The molecule has 1 atom stereocenters. The second-order valence-electron chi connectivity index (χ2n) is 3.89. The number of carbonyl (C=O) groups is 1. The van der Waals surface area contributed by atoms with Gasteiger partial charge in [-0.1, -0.05) is 11.8 Å². The zero-order chi connectivity index (χ0) is 12.7. The Morgan fingerprint density at radius 3 is 3.11 bits per heavy atom. The Morgan fingerprint density at radius 1 is 1.61 bits per heavy atom. The molecule has 1 unspecified atom stereocenters.